The minimum atomic E-state index is -0.311. The van der Waals surface area contributed by atoms with Crippen molar-refractivity contribution in [1.82, 2.24) is 5.01 Å². The normalized spacial score (nSPS) is 33.5. The standard InChI is InChI=1S/C13H27N3O2/c1-4-10(14)7-16(15)8-11-6-12(17)9(3)13(5-2)18-11/h7,9,11-13,17H,4-6,8,14-15H2,1-3H3/b10-7-. The van der Waals surface area contributed by atoms with Crippen molar-refractivity contribution >= 4 is 0 Å². The molecule has 0 aliphatic carbocycles. The molecule has 0 amide bonds. The van der Waals surface area contributed by atoms with Gasteiger partial charge in [-0.05, 0) is 12.8 Å². The van der Waals surface area contributed by atoms with Crippen molar-refractivity contribution in [3.63, 3.8) is 0 Å². The van der Waals surface area contributed by atoms with Crippen LogP contribution in [0, 0.1) is 5.92 Å². The number of aliphatic hydroxyl groups is 1. The van der Waals surface area contributed by atoms with Crippen LogP contribution in [0.3, 0.4) is 0 Å². The molecule has 1 saturated heterocycles. The molecule has 0 spiro atoms. The van der Waals surface area contributed by atoms with E-state index in [1.54, 1.807) is 11.2 Å². The summed E-state index contributed by atoms with van der Waals surface area (Å²) in [6, 6.07) is 0. The lowest BCUT2D eigenvalue weighted by Crippen LogP contribution is -2.47. The Kier molecular flexibility index (Phi) is 5.91. The van der Waals surface area contributed by atoms with E-state index < -0.39 is 0 Å². The van der Waals surface area contributed by atoms with E-state index in [0.29, 0.717) is 13.0 Å². The third-order valence-corrected chi connectivity index (χ3v) is 3.62. The Morgan fingerprint density at radius 1 is 1.50 bits per heavy atom. The first-order chi connectivity index (χ1) is 8.47. The number of ether oxygens (including phenoxy) is 1. The van der Waals surface area contributed by atoms with Gasteiger partial charge in [-0.25, -0.2) is 5.84 Å². The average molecular weight is 257 g/mol. The molecule has 18 heavy (non-hydrogen) atoms. The molecule has 0 saturated carbocycles. The third-order valence-electron chi connectivity index (χ3n) is 3.62. The predicted molar refractivity (Wildman–Crippen MR) is 72.2 cm³/mol. The molecule has 5 N–H and O–H groups in total. The summed E-state index contributed by atoms with van der Waals surface area (Å²) in [6.45, 7) is 6.64. The maximum absolute atomic E-state index is 10.0. The zero-order chi connectivity index (χ0) is 13.7. The second-order valence-electron chi connectivity index (χ2n) is 5.12. The lowest BCUT2D eigenvalue weighted by atomic mass is 9.89. The van der Waals surface area contributed by atoms with E-state index in [-0.39, 0.29) is 24.2 Å². The summed E-state index contributed by atoms with van der Waals surface area (Å²) < 4.78 is 5.95. The van der Waals surface area contributed by atoms with Gasteiger partial charge in [0, 0.05) is 24.2 Å². The van der Waals surface area contributed by atoms with Crippen LogP contribution in [0.25, 0.3) is 0 Å². The average Bonchev–Trinajstić information content (AvgIpc) is 2.33. The quantitative estimate of drug-likeness (QED) is 0.504. The first-order valence-corrected chi connectivity index (χ1v) is 6.78. The highest BCUT2D eigenvalue weighted by molar-refractivity contribution is 4.94. The monoisotopic (exact) mass is 257 g/mol. The molecule has 1 aliphatic heterocycles. The highest BCUT2D eigenvalue weighted by atomic mass is 16.5. The molecule has 0 radical (unpaired) electrons. The van der Waals surface area contributed by atoms with Crippen molar-refractivity contribution in [2.24, 2.45) is 17.5 Å². The number of hydrazine groups is 1. The fourth-order valence-electron chi connectivity index (χ4n) is 2.34. The van der Waals surface area contributed by atoms with Gasteiger partial charge in [0.2, 0.25) is 0 Å². The number of nitrogens with two attached hydrogens (primary N) is 2. The third kappa shape index (κ3) is 4.15. The Morgan fingerprint density at radius 2 is 2.17 bits per heavy atom. The van der Waals surface area contributed by atoms with Gasteiger partial charge in [-0.1, -0.05) is 20.8 Å². The SMILES string of the molecule is CC/C(N)=C/N(N)CC1CC(O)C(C)C(CC)O1. The Labute approximate surface area is 110 Å². The van der Waals surface area contributed by atoms with E-state index in [2.05, 4.69) is 6.92 Å². The number of hydrogen-bond acceptors (Lipinski definition) is 5. The molecule has 106 valence electrons. The zero-order valence-corrected chi connectivity index (χ0v) is 11.7. The van der Waals surface area contributed by atoms with Gasteiger partial charge in [0.05, 0.1) is 24.9 Å². The zero-order valence-electron chi connectivity index (χ0n) is 11.7. The van der Waals surface area contributed by atoms with Crippen LogP contribution in [-0.4, -0.2) is 35.0 Å². The smallest absolute Gasteiger partial charge is 0.0794 e. The van der Waals surface area contributed by atoms with Crippen molar-refractivity contribution in [3.8, 4) is 0 Å². The first kappa shape index (κ1) is 15.3. The summed E-state index contributed by atoms with van der Waals surface area (Å²) in [5, 5.41) is 11.6. The number of allylic oxidation sites excluding steroid dienone is 1. The predicted octanol–water partition coefficient (Wildman–Crippen LogP) is 0.937. The van der Waals surface area contributed by atoms with E-state index in [1.165, 1.54) is 0 Å². The molecule has 1 rings (SSSR count). The molecule has 5 nitrogen and oxygen atoms in total. The van der Waals surface area contributed by atoms with Crippen molar-refractivity contribution in [3.05, 3.63) is 11.9 Å². The summed E-state index contributed by atoms with van der Waals surface area (Å²) in [5.41, 5.74) is 6.48. The maximum Gasteiger partial charge on any atom is 0.0794 e. The highest BCUT2D eigenvalue weighted by Gasteiger charge is 2.34. The minimum Gasteiger partial charge on any atom is -0.401 e. The summed E-state index contributed by atoms with van der Waals surface area (Å²) in [7, 11) is 0. The fourth-order valence-corrected chi connectivity index (χ4v) is 2.34. The number of hydrogen-bond donors (Lipinski definition) is 3. The summed E-state index contributed by atoms with van der Waals surface area (Å²) in [5.74, 6) is 6.05. The van der Waals surface area contributed by atoms with Crippen LogP contribution >= 0.6 is 0 Å². The largest absolute Gasteiger partial charge is 0.401 e. The van der Waals surface area contributed by atoms with Crippen LogP contribution in [-0.2, 0) is 4.74 Å². The van der Waals surface area contributed by atoms with Crippen LogP contribution in [0.2, 0.25) is 0 Å². The van der Waals surface area contributed by atoms with E-state index in [0.717, 1.165) is 18.5 Å². The van der Waals surface area contributed by atoms with Gasteiger partial charge >= 0.3 is 0 Å². The molecular formula is C13H27N3O2. The Bertz CT molecular complexity index is 283. The van der Waals surface area contributed by atoms with Crippen LogP contribution in [0.4, 0.5) is 0 Å². The highest BCUT2D eigenvalue weighted by Crippen LogP contribution is 2.27. The number of aliphatic hydroxyl groups excluding tert-OH is 1. The van der Waals surface area contributed by atoms with Crippen molar-refractivity contribution in [2.45, 2.75) is 58.3 Å². The van der Waals surface area contributed by atoms with Crippen LogP contribution < -0.4 is 11.6 Å². The lowest BCUT2D eigenvalue weighted by molar-refractivity contribution is -0.135. The van der Waals surface area contributed by atoms with Crippen LogP contribution in [0.1, 0.15) is 40.0 Å². The van der Waals surface area contributed by atoms with E-state index in [4.69, 9.17) is 16.3 Å². The molecule has 0 aromatic rings. The molecule has 1 heterocycles. The molecule has 4 atom stereocenters. The Balaban J connectivity index is 2.52. The van der Waals surface area contributed by atoms with Gasteiger partial charge in [0.15, 0.2) is 0 Å². The molecule has 1 fully saturated rings. The maximum atomic E-state index is 10.0. The molecule has 5 heteroatoms. The van der Waals surface area contributed by atoms with E-state index in [1.807, 2.05) is 13.8 Å². The van der Waals surface area contributed by atoms with Crippen molar-refractivity contribution < 1.29 is 9.84 Å². The fraction of sp³-hybridized carbons (Fsp3) is 0.846. The molecule has 0 bridgehead atoms. The topological polar surface area (TPSA) is 84.7 Å². The van der Waals surface area contributed by atoms with Gasteiger partial charge < -0.3 is 20.6 Å². The van der Waals surface area contributed by atoms with Gasteiger partial charge in [-0.2, -0.15) is 0 Å². The summed E-state index contributed by atoms with van der Waals surface area (Å²) in [4.78, 5) is 0. The molecule has 0 aromatic heterocycles. The van der Waals surface area contributed by atoms with Crippen molar-refractivity contribution in [1.29, 1.82) is 0 Å². The first-order valence-electron chi connectivity index (χ1n) is 6.78. The summed E-state index contributed by atoms with van der Waals surface area (Å²) in [6.07, 6.45) is 3.81. The second-order valence-corrected chi connectivity index (χ2v) is 5.12. The van der Waals surface area contributed by atoms with Gasteiger partial charge in [-0.3, -0.25) is 0 Å². The van der Waals surface area contributed by atoms with Crippen LogP contribution in [0.5, 0.6) is 0 Å². The van der Waals surface area contributed by atoms with Crippen molar-refractivity contribution in [2.75, 3.05) is 6.54 Å². The molecule has 0 aromatic carbocycles. The van der Waals surface area contributed by atoms with E-state index >= 15 is 0 Å². The van der Waals surface area contributed by atoms with Crippen LogP contribution in [0.15, 0.2) is 11.9 Å². The van der Waals surface area contributed by atoms with E-state index in [9.17, 15) is 5.11 Å². The second kappa shape index (κ2) is 6.97. The number of rotatable bonds is 5. The Morgan fingerprint density at radius 3 is 2.72 bits per heavy atom. The molecule has 4 unspecified atom stereocenters. The minimum absolute atomic E-state index is 0.0351. The van der Waals surface area contributed by atoms with Gasteiger partial charge in [0.1, 0.15) is 0 Å². The lowest BCUT2D eigenvalue weighted by Gasteiger charge is -2.39. The van der Waals surface area contributed by atoms with Gasteiger partial charge in [0.25, 0.3) is 0 Å². The number of nitrogens with zero attached hydrogens (tertiary/aromatic N) is 1. The Hall–Kier alpha value is -0.780. The summed E-state index contributed by atoms with van der Waals surface area (Å²) >= 11 is 0. The van der Waals surface area contributed by atoms with Gasteiger partial charge in [-0.15, -0.1) is 0 Å². The molecular weight excluding hydrogens is 230 g/mol. The molecule has 1 aliphatic rings.